The summed E-state index contributed by atoms with van der Waals surface area (Å²) in [6, 6.07) is 14.2. The van der Waals surface area contributed by atoms with Crippen molar-refractivity contribution in [3.63, 3.8) is 0 Å². The Hall–Kier alpha value is -4.20. The van der Waals surface area contributed by atoms with E-state index in [1.165, 1.54) is 12.3 Å². The first-order valence-corrected chi connectivity index (χ1v) is 10.6. The Labute approximate surface area is 195 Å². The summed E-state index contributed by atoms with van der Waals surface area (Å²) in [7, 11) is 0. The van der Waals surface area contributed by atoms with Crippen molar-refractivity contribution in [1.82, 2.24) is 10.3 Å². The highest BCUT2D eigenvalue weighted by molar-refractivity contribution is 6.09. The first-order chi connectivity index (χ1) is 16.1. The number of benzene rings is 2. The summed E-state index contributed by atoms with van der Waals surface area (Å²) in [6.45, 7) is 5.44. The van der Waals surface area contributed by atoms with E-state index in [4.69, 9.17) is 14.9 Å². The lowest BCUT2D eigenvalue weighted by Gasteiger charge is -2.19. The maximum Gasteiger partial charge on any atom is 0.407 e. The average Bonchev–Trinajstić information content (AvgIpc) is 3.23. The Morgan fingerprint density at radius 1 is 1.12 bits per heavy atom. The van der Waals surface area contributed by atoms with E-state index in [-0.39, 0.29) is 17.5 Å². The molecule has 7 nitrogen and oxygen atoms in total. The number of pyridine rings is 1. The Morgan fingerprint density at radius 3 is 2.53 bits per heavy atom. The predicted octanol–water partition coefficient (Wildman–Crippen LogP) is 5.42. The van der Waals surface area contributed by atoms with Crippen molar-refractivity contribution in [2.45, 2.75) is 32.9 Å². The number of aromatic nitrogens is 1. The first kappa shape index (κ1) is 23.0. The third-order valence-corrected chi connectivity index (χ3v) is 5.06. The van der Waals surface area contributed by atoms with Crippen LogP contribution in [0.4, 0.5) is 9.18 Å². The molecule has 0 fully saturated rings. The highest BCUT2D eigenvalue weighted by atomic mass is 19.1. The minimum Gasteiger partial charge on any atom is -0.463 e. The van der Waals surface area contributed by atoms with Crippen LogP contribution in [-0.4, -0.2) is 22.6 Å². The summed E-state index contributed by atoms with van der Waals surface area (Å²) < 4.78 is 26.1. The molecule has 0 radical (unpaired) electrons. The van der Waals surface area contributed by atoms with E-state index in [0.717, 1.165) is 5.56 Å². The largest absolute Gasteiger partial charge is 0.463 e. The number of carbonyl (C=O) groups is 2. The van der Waals surface area contributed by atoms with E-state index in [1.54, 1.807) is 39.1 Å². The molecular formula is C26H24FN3O4. The maximum atomic E-state index is 15.1. The van der Waals surface area contributed by atoms with E-state index in [1.807, 2.05) is 30.3 Å². The molecule has 174 valence electrons. The molecule has 2 heterocycles. The van der Waals surface area contributed by atoms with Crippen molar-refractivity contribution >= 4 is 22.8 Å². The number of alkyl carbamates (subject to hydrolysis) is 1. The Bertz CT molecular complexity index is 1370. The molecule has 0 unspecified atom stereocenters. The second kappa shape index (κ2) is 8.97. The Kier molecular flexibility index (Phi) is 6.06. The smallest absolute Gasteiger partial charge is 0.407 e. The van der Waals surface area contributed by atoms with E-state index < -0.39 is 23.4 Å². The zero-order valence-electron chi connectivity index (χ0n) is 19.0. The van der Waals surface area contributed by atoms with Gasteiger partial charge in [-0.05, 0) is 50.1 Å². The van der Waals surface area contributed by atoms with Gasteiger partial charge in [-0.15, -0.1) is 0 Å². The molecule has 0 saturated carbocycles. The number of halogens is 1. The van der Waals surface area contributed by atoms with Crippen molar-refractivity contribution in [2.75, 3.05) is 0 Å². The molecule has 0 atom stereocenters. The number of fused-ring (bicyclic) bond motifs is 1. The molecule has 3 N–H and O–H groups in total. The van der Waals surface area contributed by atoms with Crippen LogP contribution in [0.15, 0.2) is 65.4 Å². The zero-order chi connectivity index (χ0) is 24.5. The first-order valence-electron chi connectivity index (χ1n) is 10.6. The molecule has 0 bridgehead atoms. The lowest BCUT2D eigenvalue weighted by atomic mass is 9.94. The van der Waals surface area contributed by atoms with Crippen LogP contribution in [0, 0.1) is 5.82 Å². The molecule has 8 heteroatoms. The van der Waals surface area contributed by atoms with Crippen LogP contribution >= 0.6 is 0 Å². The zero-order valence-corrected chi connectivity index (χ0v) is 19.0. The molecule has 0 saturated heterocycles. The molecule has 2 amide bonds. The van der Waals surface area contributed by atoms with Crippen LogP contribution < -0.4 is 11.1 Å². The molecule has 0 aliphatic carbocycles. The topological polar surface area (TPSA) is 107 Å². The molecule has 4 aromatic rings. The number of nitrogens with two attached hydrogens (primary N) is 1. The predicted molar refractivity (Wildman–Crippen MR) is 126 cm³/mol. The molecular weight excluding hydrogens is 437 g/mol. The Morgan fingerprint density at radius 2 is 1.85 bits per heavy atom. The van der Waals surface area contributed by atoms with Crippen LogP contribution in [0.25, 0.3) is 33.2 Å². The SMILES string of the molecule is CC(C)(C)OC(=O)NCc1cc(-c2cc(C(N)=O)c(F)c3coc(-c4ccccc4)c23)ccn1. The Balaban J connectivity index is 1.80. The molecule has 2 aromatic carbocycles. The van der Waals surface area contributed by atoms with Crippen LogP contribution in [0.2, 0.25) is 0 Å². The van der Waals surface area contributed by atoms with E-state index in [9.17, 15) is 9.59 Å². The number of carbonyl (C=O) groups excluding carboxylic acids is 2. The monoisotopic (exact) mass is 461 g/mol. The number of furan rings is 1. The standard InChI is InChI=1S/C26H24FN3O4/c1-26(2,3)34-25(32)30-13-17-11-16(9-10-29-17)18-12-19(24(28)31)22(27)20-14-33-23(21(18)20)15-7-5-4-6-8-15/h4-12,14H,13H2,1-3H3,(H2,28,31)(H,30,32). The van der Waals surface area contributed by atoms with Gasteiger partial charge in [0.2, 0.25) is 0 Å². The lowest BCUT2D eigenvalue weighted by Crippen LogP contribution is -2.32. The third-order valence-electron chi connectivity index (χ3n) is 5.06. The van der Waals surface area contributed by atoms with Crippen LogP contribution in [0.5, 0.6) is 0 Å². The normalized spacial score (nSPS) is 11.4. The number of rotatable bonds is 5. The molecule has 4 rings (SSSR count). The molecule has 34 heavy (non-hydrogen) atoms. The van der Waals surface area contributed by atoms with E-state index >= 15 is 4.39 Å². The average molecular weight is 461 g/mol. The van der Waals surface area contributed by atoms with Crippen LogP contribution in [0.3, 0.4) is 0 Å². The van der Waals surface area contributed by atoms with E-state index in [2.05, 4.69) is 10.3 Å². The summed E-state index contributed by atoms with van der Waals surface area (Å²) >= 11 is 0. The van der Waals surface area contributed by atoms with Gasteiger partial charge in [0, 0.05) is 17.1 Å². The van der Waals surface area contributed by atoms with Gasteiger partial charge >= 0.3 is 6.09 Å². The number of hydrogen-bond acceptors (Lipinski definition) is 5. The number of primary amides is 1. The van der Waals surface area contributed by atoms with Crippen molar-refractivity contribution in [3.8, 4) is 22.5 Å². The molecule has 2 aromatic heterocycles. The number of hydrogen-bond donors (Lipinski definition) is 2. The second-order valence-corrected chi connectivity index (χ2v) is 8.76. The van der Waals surface area contributed by atoms with Crippen LogP contribution in [-0.2, 0) is 11.3 Å². The van der Waals surface area contributed by atoms with Gasteiger partial charge in [0.15, 0.2) is 0 Å². The van der Waals surface area contributed by atoms with Gasteiger partial charge < -0.3 is 20.2 Å². The maximum absolute atomic E-state index is 15.1. The molecule has 0 spiro atoms. The van der Waals surface area contributed by atoms with Crippen molar-refractivity contribution in [2.24, 2.45) is 5.73 Å². The quantitative estimate of drug-likeness (QED) is 0.412. The van der Waals surface area contributed by atoms with Crippen molar-refractivity contribution < 1.29 is 23.1 Å². The van der Waals surface area contributed by atoms with Gasteiger partial charge in [0.05, 0.1) is 23.2 Å². The second-order valence-electron chi connectivity index (χ2n) is 8.76. The van der Waals surface area contributed by atoms with Gasteiger partial charge in [-0.25, -0.2) is 9.18 Å². The van der Waals surface area contributed by atoms with Gasteiger partial charge in [0.25, 0.3) is 5.91 Å². The number of ether oxygens (including phenoxy) is 1. The molecule has 0 aliphatic rings. The minimum absolute atomic E-state index is 0.118. The highest BCUT2D eigenvalue weighted by Crippen LogP contribution is 2.40. The number of nitrogens with zero attached hydrogens (tertiary/aromatic N) is 1. The van der Waals surface area contributed by atoms with Gasteiger partial charge in [0.1, 0.15) is 23.4 Å². The number of nitrogens with one attached hydrogen (secondary N) is 1. The third kappa shape index (κ3) is 4.76. The van der Waals surface area contributed by atoms with Gasteiger partial charge in [-0.1, -0.05) is 30.3 Å². The number of amides is 2. The van der Waals surface area contributed by atoms with Crippen LogP contribution in [0.1, 0.15) is 36.8 Å². The van der Waals surface area contributed by atoms with E-state index in [0.29, 0.717) is 28.0 Å². The van der Waals surface area contributed by atoms with Gasteiger partial charge in [-0.3, -0.25) is 9.78 Å². The minimum atomic E-state index is -0.885. The van der Waals surface area contributed by atoms with Crippen molar-refractivity contribution in [3.05, 3.63) is 78.1 Å². The fourth-order valence-electron chi connectivity index (χ4n) is 3.64. The summed E-state index contributed by atoms with van der Waals surface area (Å²) in [6.07, 6.45) is 2.29. The fourth-order valence-corrected chi connectivity index (χ4v) is 3.64. The fraction of sp³-hybridized carbons (Fsp3) is 0.192. The molecule has 0 aliphatic heterocycles. The van der Waals surface area contributed by atoms with Gasteiger partial charge in [-0.2, -0.15) is 0 Å². The summed E-state index contributed by atoms with van der Waals surface area (Å²) in [5.74, 6) is -1.16. The van der Waals surface area contributed by atoms with Crippen molar-refractivity contribution in [1.29, 1.82) is 0 Å². The summed E-state index contributed by atoms with van der Waals surface area (Å²) in [4.78, 5) is 28.3. The summed E-state index contributed by atoms with van der Waals surface area (Å²) in [5.41, 5.74) is 7.09. The lowest BCUT2D eigenvalue weighted by molar-refractivity contribution is 0.0522. The highest BCUT2D eigenvalue weighted by Gasteiger charge is 2.23. The summed E-state index contributed by atoms with van der Waals surface area (Å²) in [5, 5.41) is 3.32.